The quantitative estimate of drug-likeness (QED) is 0.241. The fraction of sp³-hybridized carbons (Fsp3) is 0.0500. The normalized spacial score (nSPS) is 11.8. The highest BCUT2D eigenvalue weighted by molar-refractivity contribution is 6.06. The van der Waals surface area contributed by atoms with Gasteiger partial charge in [0.25, 0.3) is 0 Å². The van der Waals surface area contributed by atoms with Crippen LogP contribution in [0.3, 0.4) is 0 Å². The second-order valence-electron chi connectivity index (χ2n) is 5.46. The van der Waals surface area contributed by atoms with E-state index in [2.05, 4.69) is 15.3 Å². The van der Waals surface area contributed by atoms with Crippen LogP contribution in [0.4, 0.5) is 10.1 Å². The molecule has 0 unspecified atom stereocenters. The molecule has 3 aromatic rings. The molecule has 0 aromatic heterocycles. The molecule has 3 rings (SSSR count). The van der Waals surface area contributed by atoms with Crippen LogP contribution in [0, 0.1) is 5.82 Å². The largest absolute Gasteiger partial charge is 0.392 e. The maximum Gasteiger partial charge on any atom is 0.184 e. The summed E-state index contributed by atoms with van der Waals surface area (Å²) in [6.45, 7) is -0.108. The Hall–Kier alpha value is -3.38. The molecule has 5 nitrogen and oxygen atoms in total. The number of benzene rings is 3. The number of halogens is 1. The van der Waals surface area contributed by atoms with Gasteiger partial charge in [-0.25, -0.2) is 9.38 Å². The van der Waals surface area contributed by atoms with Crippen LogP contribution in [-0.4, -0.2) is 10.9 Å². The van der Waals surface area contributed by atoms with Gasteiger partial charge in [0.1, 0.15) is 11.5 Å². The van der Waals surface area contributed by atoms with E-state index in [1.54, 1.807) is 24.3 Å². The van der Waals surface area contributed by atoms with Gasteiger partial charge in [-0.1, -0.05) is 65.9 Å². The molecular weight excluding hydrogens is 331 g/mol. The van der Waals surface area contributed by atoms with Crippen LogP contribution < -0.4 is 5.84 Å². The van der Waals surface area contributed by atoms with Crippen LogP contribution in [0.1, 0.15) is 11.1 Å². The molecule has 0 atom stereocenters. The number of hydrogen-bond acceptors (Lipinski definition) is 3. The standard InChI is InChI=1S/C20H17FN4O/c21-18-11-5-6-12-19(18)23-20(24-25-22)17-10-4-3-9-16(17)15-8-2-1-7-14(15)13-26/h1-12,26H,13H2,(H2,22,23,24). The van der Waals surface area contributed by atoms with Gasteiger partial charge in [0, 0.05) is 5.56 Å². The Kier molecular flexibility index (Phi) is 5.46. The van der Waals surface area contributed by atoms with Crippen LogP contribution in [0.25, 0.3) is 11.1 Å². The second kappa shape index (κ2) is 8.13. The Labute approximate surface area is 150 Å². The second-order valence-corrected chi connectivity index (χ2v) is 5.46. The summed E-state index contributed by atoms with van der Waals surface area (Å²) in [5.41, 5.74) is 3.15. The molecule has 0 aliphatic rings. The number of para-hydroxylation sites is 1. The van der Waals surface area contributed by atoms with E-state index in [4.69, 9.17) is 5.84 Å². The Morgan fingerprint density at radius 3 is 2.27 bits per heavy atom. The van der Waals surface area contributed by atoms with Gasteiger partial charge in [0.05, 0.1) is 6.61 Å². The van der Waals surface area contributed by atoms with Crippen molar-refractivity contribution in [2.75, 3.05) is 0 Å². The predicted molar refractivity (Wildman–Crippen MR) is 99.4 cm³/mol. The summed E-state index contributed by atoms with van der Waals surface area (Å²) in [6.07, 6.45) is 0. The average Bonchev–Trinajstić information content (AvgIpc) is 2.69. The minimum absolute atomic E-state index is 0.108. The highest BCUT2D eigenvalue weighted by Gasteiger charge is 2.14. The highest BCUT2D eigenvalue weighted by Crippen LogP contribution is 2.29. The third kappa shape index (κ3) is 3.65. The molecule has 0 aliphatic heterocycles. The van der Waals surface area contributed by atoms with Crippen LogP contribution in [0.5, 0.6) is 0 Å². The fourth-order valence-corrected chi connectivity index (χ4v) is 2.68. The number of amidine groups is 1. The molecule has 0 radical (unpaired) electrons. The molecule has 130 valence electrons. The Bertz CT molecular complexity index is 969. The van der Waals surface area contributed by atoms with Gasteiger partial charge in [-0.05, 0) is 28.8 Å². The number of aliphatic hydroxyl groups excluding tert-OH is 1. The van der Waals surface area contributed by atoms with E-state index >= 15 is 0 Å². The summed E-state index contributed by atoms with van der Waals surface area (Å²) in [5, 5.41) is 16.9. The highest BCUT2D eigenvalue weighted by atomic mass is 19.1. The van der Waals surface area contributed by atoms with E-state index in [0.29, 0.717) is 5.56 Å². The van der Waals surface area contributed by atoms with E-state index in [1.165, 1.54) is 6.07 Å². The molecule has 6 heteroatoms. The Morgan fingerprint density at radius 1 is 0.885 bits per heavy atom. The first kappa shape index (κ1) is 17.4. The molecule has 0 spiro atoms. The number of nitrogens with two attached hydrogens (primary N) is 1. The van der Waals surface area contributed by atoms with Crippen molar-refractivity contribution >= 4 is 11.5 Å². The zero-order valence-corrected chi connectivity index (χ0v) is 13.9. The lowest BCUT2D eigenvalue weighted by atomic mass is 9.95. The molecule has 0 heterocycles. The van der Waals surface area contributed by atoms with E-state index in [9.17, 15) is 9.50 Å². The zero-order valence-electron chi connectivity index (χ0n) is 13.9. The van der Waals surface area contributed by atoms with E-state index in [-0.39, 0.29) is 18.1 Å². The molecule has 0 fully saturated rings. The van der Waals surface area contributed by atoms with Crippen molar-refractivity contribution in [3.63, 3.8) is 0 Å². The number of aliphatic imine (C=N–C) groups is 1. The lowest BCUT2D eigenvalue weighted by Crippen LogP contribution is -2.02. The molecular formula is C20H17FN4O. The predicted octanol–water partition coefficient (Wildman–Crippen LogP) is 4.39. The topological polar surface area (TPSA) is 83.3 Å². The maximum atomic E-state index is 14.0. The van der Waals surface area contributed by atoms with Gasteiger partial charge >= 0.3 is 0 Å². The molecule has 3 aromatic carbocycles. The molecule has 26 heavy (non-hydrogen) atoms. The van der Waals surface area contributed by atoms with E-state index < -0.39 is 5.82 Å². The minimum atomic E-state index is -0.467. The Balaban J connectivity index is 2.20. The smallest absolute Gasteiger partial charge is 0.184 e. The lowest BCUT2D eigenvalue weighted by Gasteiger charge is -2.12. The van der Waals surface area contributed by atoms with Crippen molar-refractivity contribution in [3.05, 3.63) is 89.7 Å². The van der Waals surface area contributed by atoms with Gasteiger partial charge in [0.15, 0.2) is 5.84 Å². The summed E-state index contributed by atoms with van der Waals surface area (Å²) in [6, 6.07) is 21.0. The van der Waals surface area contributed by atoms with Gasteiger partial charge < -0.3 is 10.9 Å². The third-order valence-corrected chi connectivity index (χ3v) is 3.88. The summed E-state index contributed by atoms with van der Waals surface area (Å²) >= 11 is 0. The number of nitrogens with zero attached hydrogens (tertiary/aromatic N) is 3. The SMILES string of the molecule is NN=NC(=Nc1ccccc1F)c1ccccc1-c1ccccc1CO. The molecule has 0 aliphatic carbocycles. The van der Waals surface area contributed by atoms with Crippen LogP contribution in [0.15, 0.2) is 88.1 Å². The van der Waals surface area contributed by atoms with Crippen LogP contribution in [-0.2, 0) is 6.61 Å². The van der Waals surface area contributed by atoms with E-state index in [1.807, 2.05) is 42.5 Å². The van der Waals surface area contributed by atoms with Crippen molar-refractivity contribution in [3.8, 4) is 11.1 Å². The zero-order chi connectivity index (χ0) is 18.4. The van der Waals surface area contributed by atoms with Crippen molar-refractivity contribution in [2.45, 2.75) is 6.61 Å². The van der Waals surface area contributed by atoms with Crippen molar-refractivity contribution in [1.82, 2.24) is 0 Å². The van der Waals surface area contributed by atoms with Crippen molar-refractivity contribution in [2.24, 2.45) is 21.2 Å². The van der Waals surface area contributed by atoms with Crippen molar-refractivity contribution < 1.29 is 9.50 Å². The van der Waals surface area contributed by atoms with Crippen molar-refractivity contribution in [1.29, 1.82) is 0 Å². The molecule has 3 N–H and O–H groups in total. The summed E-state index contributed by atoms with van der Waals surface area (Å²) < 4.78 is 14.0. The van der Waals surface area contributed by atoms with Crippen LogP contribution >= 0.6 is 0 Å². The molecule has 0 amide bonds. The summed E-state index contributed by atoms with van der Waals surface area (Å²) in [7, 11) is 0. The number of hydrogen-bond donors (Lipinski definition) is 2. The first-order valence-corrected chi connectivity index (χ1v) is 7.97. The molecule has 0 bridgehead atoms. The Morgan fingerprint density at radius 2 is 1.54 bits per heavy atom. The monoisotopic (exact) mass is 348 g/mol. The first-order valence-electron chi connectivity index (χ1n) is 7.97. The minimum Gasteiger partial charge on any atom is -0.392 e. The lowest BCUT2D eigenvalue weighted by molar-refractivity contribution is 0.282. The van der Waals surface area contributed by atoms with E-state index in [0.717, 1.165) is 16.7 Å². The van der Waals surface area contributed by atoms with Gasteiger partial charge in [-0.3, -0.25) is 0 Å². The van der Waals surface area contributed by atoms with Gasteiger partial charge in [-0.2, -0.15) is 0 Å². The fourth-order valence-electron chi connectivity index (χ4n) is 2.68. The van der Waals surface area contributed by atoms with Crippen LogP contribution in [0.2, 0.25) is 0 Å². The average molecular weight is 348 g/mol. The van der Waals surface area contributed by atoms with Gasteiger partial charge in [-0.15, -0.1) is 5.11 Å². The summed E-state index contributed by atoms with van der Waals surface area (Å²) in [4.78, 5) is 4.30. The van der Waals surface area contributed by atoms with Gasteiger partial charge in [0.2, 0.25) is 0 Å². The summed E-state index contributed by atoms with van der Waals surface area (Å²) in [5.74, 6) is 4.96. The number of rotatable bonds is 4. The molecule has 0 saturated carbocycles. The number of aliphatic hydroxyl groups is 1. The maximum absolute atomic E-state index is 14.0. The first-order chi connectivity index (χ1) is 12.7. The molecule has 0 saturated heterocycles. The third-order valence-electron chi connectivity index (χ3n) is 3.88.